The molecule has 2 aromatic heterocycles. The fourth-order valence-electron chi connectivity index (χ4n) is 2.36. The number of aromatic amines is 1. The number of rotatable bonds is 4. The Morgan fingerprint density at radius 3 is 3.00 bits per heavy atom. The predicted octanol–water partition coefficient (Wildman–Crippen LogP) is 2.90. The zero-order valence-electron chi connectivity index (χ0n) is 11.1. The zero-order valence-corrected chi connectivity index (χ0v) is 12.7. The van der Waals surface area contributed by atoms with Crippen molar-refractivity contribution in [2.45, 2.75) is 19.8 Å². The summed E-state index contributed by atoms with van der Waals surface area (Å²) in [6.07, 6.45) is 1.99. The maximum atomic E-state index is 4.64. The third-order valence-corrected chi connectivity index (χ3v) is 4.29. The van der Waals surface area contributed by atoms with Crippen molar-refractivity contribution >= 4 is 32.7 Å². The molecule has 0 aliphatic rings. The van der Waals surface area contributed by atoms with Gasteiger partial charge in [0.2, 0.25) is 5.78 Å². The Hall–Kier alpha value is -1.33. The number of nitrogens with one attached hydrogen (secondary N) is 2. The van der Waals surface area contributed by atoms with Gasteiger partial charge in [-0.2, -0.15) is 0 Å². The average Bonchev–Trinajstić information content (AvgIpc) is 2.93. The SMILES string of the molecule is CCc1ccc2nc3[nH]c(CCNC)c(Br)n3c2c1. The largest absolute Gasteiger partial charge is 0.326 e. The number of aromatic nitrogens is 3. The van der Waals surface area contributed by atoms with Gasteiger partial charge < -0.3 is 10.3 Å². The lowest BCUT2D eigenvalue weighted by Crippen LogP contribution is -2.10. The minimum atomic E-state index is 0.904. The first-order valence-corrected chi connectivity index (χ1v) is 7.36. The number of H-pyrrole nitrogens is 1. The third-order valence-electron chi connectivity index (χ3n) is 3.46. The number of benzene rings is 1. The van der Waals surface area contributed by atoms with Crippen molar-refractivity contribution < 1.29 is 0 Å². The van der Waals surface area contributed by atoms with Gasteiger partial charge in [-0.05, 0) is 47.1 Å². The van der Waals surface area contributed by atoms with E-state index in [1.165, 1.54) is 11.3 Å². The monoisotopic (exact) mass is 320 g/mol. The van der Waals surface area contributed by atoms with Crippen LogP contribution in [-0.4, -0.2) is 28.0 Å². The normalized spacial score (nSPS) is 11.7. The first-order valence-electron chi connectivity index (χ1n) is 6.56. The second kappa shape index (κ2) is 4.98. The molecule has 0 fully saturated rings. The van der Waals surface area contributed by atoms with E-state index in [1.54, 1.807) is 0 Å². The summed E-state index contributed by atoms with van der Waals surface area (Å²) < 4.78 is 3.23. The van der Waals surface area contributed by atoms with E-state index in [2.05, 4.69) is 60.7 Å². The van der Waals surface area contributed by atoms with Crippen LogP contribution in [0.2, 0.25) is 0 Å². The van der Waals surface area contributed by atoms with Crippen molar-refractivity contribution in [1.82, 2.24) is 19.7 Å². The molecule has 0 spiro atoms. The number of nitrogens with zero attached hydrogens (tertiary/aromatic N) is 2. The van der Waals surface area contributed by atoms with Gasteiger partial charge in [-0.3, -0.25) is 4.40 Å². The van der Waals surface area contributed by atoms with Crippen molar-refractivity contribution in [3.05, 3.63) is 34.1 Å². The van der Waals surface area contributed by atoms with E-state index in [0.29, 0.717) is 0 Å². The molecule has 3 rings (SSSR count). The standard InChI is InChI=1S/C14H17BrN4/c1-3-9-4-5-10-12(8-9)19-13(15)11(6-7-16-2)18-14(19)17-10/h4-5,8,16H,3,6-7H2,1-2H3,(H,17,18). The molecule has 0 saturated heterocycles. The van der Waals surface area contributed by atoms with Crippen LogP contribution in [0.1, 0.15) is 18.2 Å². The average molecular weight is 321 g/mol. The highest BCUT2D eigenvalue weighted by Crippen LogP contribution is 2.26. The molecule has 2 heterocycles. The summed E-state index contributed by atoms with van der Waals surface area (Å²) in [5.74, 6) is 0.904. The molecule has 3 aromatic rings. The van der Waals surface area contributed by atoms with E-state index in [9.17, 15) is 0 Å². The molecule has 0 aliphatic carbocycles. The summed E-state index contributed by atoms with van der Waals surface area (Å²) in [7, 11) is 1.96. The van der Waals surface area contributed by atoms with Gasteiger partial charge in [-0.25, -0.2) is 4.98 Å². The van der Waals surface area contributed by atoms with Gasteiger partial charge in [0.25, 0.3) is 0 Å². The number of imidazole rings is 2. The lowest BCUT2D eigenvalue weighted by Gasteiger charge is -2.00. The Morgan fingerprint density at radius 2 is 2.26 bits per heavy atom. The van der Waals surface area contributed by atoms with Gasteiger partial charge in [0.1, 0.15) is 4.60 Å². The zero-order chi connectivity index (χ0) is 13.4. The van der Waals surface area contributed by atoms with Crippen LogP contribution in [-0.2, 0) is 12.8 Å². The van der Waals surface area contributed by atoms with Gasteiger partial charge in [0, 0.05) is 13.0 Å². The van der Waals surface area contributed by atoms with Crippen LogP contribution in [0.15, 0.2) is 22.8 Å². The van der Waals surface area contributed by atoms with Crippen LogP contribution >= 0.6 is 15.9 Å². The van der Waals surface area contributed by atoms with Gasteiger partial charge in [-0.15, -0.1) is 0 Å². The summed E-state index contributed by atoms with van der Waals surface area (Å²) >= 11 is 3.69. The topological polar surface area (TPSA) is 45.1 Å². The van der Waals surface area contributed by atoms with Crippen LogP contribution in [0.4, 0.5) is 0 Å². The van der Waals surface area contributed by atoms with Gasteiger partial charge in [0.05, 0.1) is 16.7 Å². The highest BCUT2D eigenvalue weighted by atomic mass is 79.9. The lowest BCUT2D eigenvalue weighted by atomic mass is 10.1. The number of halogens is 1. The van der Waals surface area contributed by atoms with Gasteiger partial charge in [0.15, 0.2) is 0 Å². The highest BCUT2D eigenvalue weighted by molar-refractivity contribution is 9.10. The Kier molecular flexibility index (Phi) is 3.33. The molecule has 0 atom stereocenters. The molecule has 2 N–H and O–H groups in total. The molecule has 0 amide bonds. The number of hydrogen-bond acceptors (Lipinski definition) is 2. The molecule has 0 bridgehead atoms. The molecule has 1 aromatic carbocycles. The maximum Gasteiger partial charge on any atom is 0.213 e. The minimum Gasteiger partial charge on any atom is -0.326 e. The number of likely N-dealkylation sites (N-methyl/N-ethyl adjacent to an activating group) is 1. The van der Waals surface area contributed by atoms with Crippen molar-refractivity contribution in [3.8, 4) is 0 Å². The van der Waals surface area contributed by atoms with Crippen LogP contribution < -0.4 is 5.32 Å². The molecule has 0 unspecified atom stereocenters. The van der Waals surface area contributed by atoms with Crippen LogP contribution in [0, 0.1) is 0 Å². The number of hydrogen-bond donors (Lipinski definition) is 2. The summed E-state index contributed by atoms with van der Waals surface area (Å²) in [5.41, 5.74) is 4.71. The van der Waals surface area contributed by atoms with E-state index >= 15 is 0 Å². The summed E-state index contributed by atoms with van der Waals surface area (Å²) in [6, 6.07) is 6.45. The van der Waals surface area contributed by atoms with Gasteiger partial charge in [-0.1, -0.05) is 13.0 Å². The smallest absolute Gasteiger partial charge is 0.213 e. The van der Waals surface area contributed by atoms with Crippen LogP contribution in [0.5, 0.6) is 0 Å². The van der Waals surface area contributed by atoms with E-state index in [0.717, 1.165) is 40.8 Å². The quantitative estimate of drug-likeness (QED) is 0.776. The number of fused-ring (bicyclic) bond motifs is 3. The summed E-state index contributed by atoms with van der Waals surface area (Å²) in [6.45, 7) is 3.12. The first-order chi connectivity index (χ1) is 9.24. The Morgan fingerprint density at radius 1 is 1.42 bits per heavy atom. The van der Waals surface area contributed by atoms with Crippen LogP contribution in [0.25, 0.3) is 16.8 Å². The van der Waals surface area contributed by atoms with E-state index in [1.807, 2.05) is 7.05 Å². The number of aryl methyl sites for hydroxylation is 1. The van der Waals surface area contributed by atoms with E-state index in [4.69, 9.17) is 0 Å². The maximum absolute atomic E-state index is 4.64. The van der Waals surface area contributed by atoms with Gasteiger partial charge >= 0.3 is 0 Å². The lowest BCUT2D eigenvalue weighted by molar-refractivity contribution is 0.777. The van der Waals surface area contributed by atoms with E-state index < -0.39 is 0 Å². The summed E-state index contributed by atoms with van der Waals surface area (Å²) in [4.78, 5) is 8.03. The van der Waals surface area contributed by atoms with Crippen molar-refractivity contribution in [2.24, 2.45) is 0 Å². The molecule has 19 heavy (non-hydrogen) atoms. The Balaban J connectivity index is 2.19. The van der Waals surface area contributed by atoms with Crippen molar-refractivity contribution in [2.75, 3.05) is 13.6 Å². The predicted molar refractivity (Wildman–Crippen MR) is 81.8 cm³/mol. The molecule has 5 heteroatoms. The van der Waals surface area contributed by atoms with E-state index in [-0.39, 0.29) is 0 Å². The second-order valence-electron chi connectivity index (χ2n) is 4.70. The van der Waals surface area contributed by atoms with Crippen molar-refractivity contribution in [1.29, 1.82) is 0 Å². The Labute approximate surface area is 120 Å². The molecule has 4 nitrogen and oxygen atoms in total. The first kappa shape index (κ1) is 12.7. The molecular formula is C14H17BrN4. The third kappa shape index (κ3) is 2.07. The molecule has 0 aliphatic heterocycles. The second-order valence-corrected chi connectivity index (χ2v) is 5.45. The van der Waals surface area contributed by atoms with Crippen molar-refractivity contribution in [3.63, 3.8) is 0 Å². The Bertz CT molecular complexity index is 726. The fourth-order valence-corrected chi connectivity index (χ4v) is 3.02. The molecular weight excluding hydrogens is 304 g/mol. The minimum absolute atomic E-state index is 0.904. The molecule has 0 radical (unpaired) electrons. The fraction of sp³-hybridized carbons (Fsp3) is 0.357. The highest BCUT2D eigenvalue weighted by Gasteiger charge is 2.13. The van der Waals surface area contributed by atoms with Crippen LogP contribution in [0.3, 0.4) is 0 Å². The molecule has 0 saturated carbocycles. The summed E-state index contributed by atoms with van der Waals surface area (Å²) in [5, 5.41) is 3.16. The molecule has 100 valence electrons.